The summed E-state index contributed by atoms with van der Waals surface area (Å²) < 4.78 is 0. The van der Waals surface area contributed by atoms with Crippen molar-refractivity contribution in [2.75, 3.05) is 7.05 Å². The van der Waals surface area contributed by atoms with E-state index in [4.69, 9.17) is 0 Å². The molecule has 1 unspecified atom stereocenters. The van der Waals surface area contributed by atoms with Gasteiger partial charge < -0.3 is 10.4 Å². The number of carbonyl (C=O) groups excluding carboxylic acids is 1. The topological polar surface area (TPSA) is 49.3 Å². The molecule has 0 saturated heterocycles. The van der Waals surface area contributed by atoms with Crippen molar-refractivity contribution in [3.8, 4) is 0 Å². The van der Waals surface area contributed by atoms with Gasteiger partial charge in [0.25, 0.3) is 0 Å². The minimum absolute atomic E-state index is 0.0803. The highest BCUT2D eigenvalue weighted by Gasteiger charge is 2.60. The number of carbonyl (C=O) groups is 1. The van der Waals surface area contributed by atoms with Crippen LogP contribution >= 0.6 is 0 Å². The zero-order valence-corrected chi connectivity index (χ0v) is 22.3. The van der Waals surface area contributed by atoms with Crippen LogP contribution in [0.3, 0.4) is 0 Å². The average Bonchev–Trinajstić information content (AvgIpc) is 3.11. The number of amides is 1. The molecule has 4 rings (SSSR count). The fraction of sp³-hybridized carbons (Fsp3) is 0.900. The van der Waals surface area contributed by atoms with E-state index in [0.29, 0.717) is 17.8 Å². The van der Waals surface area contributed by atoms with E-state index in [-0.39, 0.29) is 23.3 Å². The standard InChI is InChI=1S/C30H51NO2/c1-19(2)8-7-9-20(3)25-12-13-26-24-11-10-21-16-23(32)17-22(18-28(33)31-6)30(21,5)27(24)14-15-29(25,26)4/h10,19-20,22-27,32H,7-9,11-18H2,1-6H3,(H,31,33)/t20-,22?,23-,24+,25-,26+,27+,29-,30-/m1/s1. The minimum Gasteiger partial charge on any atom is -0.393 e. The van der Waals surface area contributed by atoms with Crippen molar-refractivity contribution < 1.29 is 9.90 Å². The third kappa shape index (κ3) is 4.45. The molecule has 4 aliphatic rings. The van der Waals surface area contributed by atoms with Gasteiger partial charge in [-0.15, -0.1) is 0 Å². The van der Waals surface area contributed by atoms with Crippen LogP contribution in [0.4, 0.5) is 0 Å². The molecular weight excluding hydrogens is 406 g/mol. The number of allylic oxidation sites excluding steroid dienone is 1. The van der Waals surface area contributed by atoms with Crippen LogP contribution in [0.2, 0.25) is 0 Å². The molecule has 0 spiro atoms. The van der Waals surface area contributed by atoms with Gasteiger partial charge in [0.15, 0.2) is 0 Å². The molecule has 33 heavy (non-hydrogen) atoms. The Labute approximate surface area is 203 Å². The van der Waals surface area contributed by atoms with Gasteiger partial charge in [-0.3, -0.25) is 4.79 Å². The summed E-state index contributed by atoms with van der Waals surface area (Å²) >= 11 is 0. The summed E-state index contributed by atoms with van der Waals surface area (Å²) in [6.07, 6.45) is 15.2. The lowest BCUT2D eigenvalue weighted by molar-refractivity contribution is -0.126. The molecule has 0 radical (unpaired) electrons. The maximum atomic E-state index is 12.4. The second kappa shape index (κ2) is 9.67. The largest absolute Gasteiger partial charge is 0.393 e. The predicted molar refractivity (Wildman–Crippen MR) is 137 cm³/mol. The van der Waals surface area contributed by atoms with Crippen LogP contribution < -0.4 is 5.32 Å². The number of aliphatic hydroxyl groups is 1. The molecule has 0 bridgehead atoms. The normalized spacial score (nSPS) is 43.3. The lowest BCUT2D eigenvalue weighted by Crippen LogP contribution is -2.54. The van der Waals surface area contributed by atoms with E-state index in [1.807, 2.05) is 0 Å². The molecular formula is C30H51NO2. The summed E-state index contributed by atoms with van der Waals surface area (Å²) in [5, 5.41) is 13.5. The van der Waals surface area contributed by atoms with Crippen molar-refractivity contribution in [3.05, 3.63) is 11.6 Å². The van der Waals surface area contributed by atoms with Crippen molar-refractivity contribution in [2.45, 2.75) is 111 Å². The van der Waals surface area contributed by atoms with Gasteiger partial charge in [0.1, 0.15) is 0 Å². The van der Waals surface area contributed by atoms with Crippen LogP contribution in [0.15, 0.2) is 11.6 Å². The summed E-state index contributed by atoms with van der Waals surface area (Å²) in [5.41, 5.74) is 2.04. The molecule has 3 heteroatoms. The molecule has 3 saturated carbocycles. The number of nitrogens with one attached hydrogen (secondary N) is 1. The van der Waals surface area contributed by atoms with E-state index < -0.39 is 0 Å². The van der Waals surface area contributed by atoms with Crippen molar-refractivity contribution in [1.82, 2.24) is 5.32 Å². The Morgan fingerprint density at radius 2 is 1.91 bits per heavy atom. The van der Waals surface area contributed by atoms with Crippen LogP contribution in [0, 0.1) is 52.3 Å². The van der Waals surface area contributed by atoms with Gasteiger partial charge in [0.05, 0.1) is 6.10 Å². The Balaban J connectivity index is 1.55. The maximum absolute atomic E-state index is 12.4. The molecule has 3 fully saturated rings. The fourth-order valence-corrected chi connectivity index (χ4v) is 9.52. The molecule has 4 aliphatic carbocycles. The Kier molecular flexibility index (Phi) is 7.40. The summed E-state index contributed by atoms with van der Waals surface area (Å²) in [7, 11) is 1.75. The van der Waals surface area contributed by atoms with Crippen molar-refractivity contribution in [2.24, 2.45) is 52.3 Å². The van der Waals surface area contributed by atoms with E-state index in [2.05, 4.69) is 46.0 Å². The Morgan fingerprint density at radius 3 is 2.61 bits per heavy atom. The average molecular weight is 458 g/mol. The summed E-state index contributed by atoms with van der Waals surface area (Å²) in [6, 6.07) is 0. The van der Waals surface area contributed by atoms with Gasteiger partial charge in [-0.25, -0.2) is 0 Å². The second-order valence-corrected chi connectivity index (χ2v) is 13.3. The quantitative estimate of drug-likeness (QED) is 0.415. The first-order valence-corrected chi connectivity index (χ1v) is 14.2. The van der Waals surface area contributed by atoms with E-state index in [0.717, 1.165) is 42.4 Å². The molecule has 0 aromatic rings. The van der Waals surface area contributed by atoms with Crippen molar-refractivity contribution in [1.29, 1.82) is 0 Å². The van der Waals surface area contributed by atoms with E-state index in [9.17, 15) is 9.90 Å². The van der Waals surface area contributed by atoms with Crippen LogP contribution in [-0.2, 0) is 4.79 Å². The summed E-state index contributed by atoms with van der Waals surface area (Å²) in [5.74, 6) is 5.19. The first-order valence-electron chi connectivity index (χ1n) is 14.2. The number of hydrogen-bond donors (Lipinski definition) is 2. The highest BCUT2D eigenvalue weighted by atomic mass is 16.3. The fourth-order valence-electron chi connectivity index (χ4n) is 9.52. The van der Waals surface area contributed by atoms with Crippen LogP contribution in [0.25, 0.3) is 0 Å². The smallest absolute Gasteiger partial charge is 0.220 e. The number of rotatable bonds is 7. The summed E-state index contributed by atoms with van der Waals surface area (Å²) in [4.78, 5) is 12.4. The second-order valence-electron chi connectivity index (χ2n) is 13.3. The molecule has 0 aliphatic heterocycles. The third-order valence-electron chi connectivity index (χ3n) is 11.3. The Bertz CT molecular complexity index is 744. The van der Waals surface area contributed by atoms with Gasteiger partial charge in [-0.1, -0.05) is 65.5 Å². The third-order valence-corrected chi connectivity index (χ3v) is 11.3. The van der Waals surface area contributed by atoms with Gasteiger partial charge in [-0.2, -0.15) is 0 Å². The Morgan fingerprint density at radius 1 is 1.15 bits per heavy atom. The monoisotopic (exact) mass is 457 g/mol. The molecule has 2 N–H and O–H groups in total. The minimum atomic E-state index is -0.285. The van der Waals surface area contributed by atoms with Gasteiger partial charge in [0.2, 0.25) is 5.91 Å². The first-order chi connectivity index (χ1) is 15.6. The number of aliphatic hydroxyl groups excluding tert-OH is 1. The zero-order valence-electron chi connectivity index (χ0n) is 22.3. The molecule has 0 heterocycles. The van der Waals surface area contributed by atoms with Crippen molar-refractivity contribution in [3.63, 3.8) is 0 Å². The van der Waals surface area contributed by atoms with E-state index in [1.165, 1.54) is 56.9 Å². The highest BCUT2D eigenvalue weighted by molar-refractivity contribution is 5.76. The van der Waals surface area contributed by atoms with Crippen LogP contribution in [0.1, 0.15) is 105 Å². The highest BCUT2D eigenvalue weighted by Crippen LogP contribution is 2.68. The number of fused-ring (bicyclic) bond motifs is 5. The Hall–Kier alpha value is -0.830. The zero-order chi connectivity index (χ0) is 24.0. The summed E-state index contributed by atoms with van der Waals surface area (Å²) in [6.45, 7) is 12.4. The van der Waals surface area contributed by atoms with Gasteiger partial charge in [0, 0.05) is 13.5 Å². The first kappa shape index (κ1) is 25.3. The van der Waals surface area contributed by atoms with E-state index >= 15 is 0 Å². The van der Waals surface area contributed by atoms with Gasteiger partial charge >= 0.3 is 0 Å². The molecule has 1 amide bonds. The SMILES string of the molecule is CNC(=O)CC1C[C@H](O)CC2=CC[C@H]3[C@@H]4CC[C@H]([C@H](C)CCCC(C)C)[C@@]4(C)CC[C@@H]3[C@]21C. The molecule has 0 aromatic carbocycles. The number of hydrogen-bond acceptors (Lipinski definition) is 2. The maximum Gasteiger partial charge on any atom is 0.220 e. The molecule has 0 aromatic heterocycles. The van der Waals surface area contributed by atoms with Crippen LogP contribution in [-0.4, -0.2) is 24.2 Å². The molecule has 3 nitrogen and oxygen atoms in total. The lowest BCUT2D eigenvalue weighted by Gasteiger charge is -2.60. The van der Waals surface area contributed by atoms with Crippen LogP contribution in [0.5, 0.6) is 0 Å². The predicted octanol–water partition coefficient (Wildman–Crippen LogP) is 6.75. The molecule has 188 valence electrons. The lowest BCUT2D eigenvalue weighted by atomic mass is 9.44. The van der Waals surface area contributed by atoms with Gasteiger partial charge in [-0.05, 0) is 97.2 Å². The molecule has 9 atom stereocenters. The van der Waals surface area contributed by atoms with E-state index in [1.54, 1.807) is 7.05 Å². The van der Waals surface area contributed by atoms with Crippen molar-refractivity contribution >= 4 is 5.91 Å².